The first kappa shape index (κ1) is 33.8. The predicted molar refractivity (Wildman–Crippen MR) is 203 cm³/mol. The number of imidazole rings is 2. The summed E-state index contributed by atoms with van der Waals surface area (Å²) >= 11 is 0. The van der Waals surface area contributed by atoms with Gasteiger partial charge in [0.25, 0.3) is 0 Å². The van der Waals surface area contributed by atoms with Crippen molar-refractivity contribution >= 4 is 33.7 Å². The summed E-state index contributed by atoms with van der Waals surface area (Å²) in [4.78, 5) is 15.6. The Bertz CT molecular complexity index is 2660. The summed E-state index contributed by atoms with van der Waals surface area (Å²) in [7, 11) is 0. The molecule has 0 spiro atoms. The number of benzene rings is 3. The number of nitrogens with two attached hydrogens (primary N) is 2. The van der Waals surface area contributed by atoms with Crippen molar-refractivity contribution in [3.63, 3.8) is 0 Å². The molecule has 0 saturated carbocycles. The quantitative estimate of drug-likeness (QED) is 0.0636. The van der Waals surface area contributed by atoms with Gasteiger partial charge in [-0.3, -0.25) is 10.8 Å². The number of rotatable bonds is 14. The monoisotopic (exact) mass is 748 g/mol. The van der Waals surface area contributed by atoms with Gasteiger partial charge >= 0.3 is 0 Å². The summed E-state index contributed by atoms with van der Waals surface area (Å²) in [5, 5.41) is 32.2. The van der Waals surface area contributed by atoms with Crippen molar-refractivity contribution in [2.24, 2.45) is 11.5 Å². The fraction of sp³-hybridized carbons (Fsp3) is 0.105. The minimum absolute atomic E-state index is 0.00683. The second-order valence-corrected chi connectivity index (χ2v) is 12.9. The normalized spacial score (nSPS) is 11.4. The summed E-state index contributed by atoms with van der Waals surface area (Å²) < 4.78 is 27.2. The van der Waals surface area contributed by atoms with Crippen molar-refractivity contribution in [2.45, 2.75) is 26.3 Å². The summed E-state index contributed by atoms with van der Waals surface area (Å²) in [5.41, 5.74) is 16.8. The van der Waals surface area contributed by atoms with Crippen LogP contribution in [0.25, 0.3) is 45.2 Å². The van der Waals surface area contributed by atoms with Gasteiger partial charge in [-0.05, 0) is 84.9 Å². The molecule has 56 heavy (non-hydrogen) atoms. The van der Waals surface area contributed by atoms with Gasteiger partial charge in [0.05, 0.1) is 34.5 Å². The van der Waals surface area contributed by atoms with Gasteiger partial charge in [-0.25, -0.2) is 19.3 Å². The standard InChI is InChI=1S/C38H32N14O4/c39-35(40)21-1-9-29-31(13-21)45-37(43-29)33-11-7-27(55-33)17-51-15-23(47-49-51)19-53-25-3-5-26(6-4-25)54-20-24-16-52(50-48-24)18-28-8-12-34(56-28)38-44-30-10-2-22(36(41)42)14-32(30)46-38/h1-16H,17-20H2,(H3,39,40)(H3,41,42)(H,43,45)(H,44,46). The van der Waals surface area contributed by atoms with Crippen LogP contribution in [0.15, 0.2) is 106 Å². The van der Waals surface area contributed by atoms with E-state index in [1.807, 2.05) is 60.7 Å². The van der Waals surface area contributed by atoms with E-state index >= 15 is 0 Å². The van der Waals surface area contributed by atoms with Gasteiger partial charge in [-0.2, -0.15) is 0 Å². The maximum absolute atomic E-state index is 7.65. The third-order valence-corrected chi connectivity index (χ3v) is 8.78. The molecule has 18 heteroatoms. The number of amidine groups is 2. The van der Waals surface area contributed by atoms with E-state index in [4.69, 9.17) is 40.6 Å². The lowest BCUT2D eigenvalue weighted by Crippen LogP contribution is -2.10. The van der Waals surface area contributed by atoms with Crippen LogP contribution in [0.3, 0.4) is 0 Å². The summed E-state index contributed by atoms with van der Waals surface area (Å²) in [5.74, 6) is 4.96. The zero-order valence-electron chi connectivity index (χ0n) is 29.4. The molecule has 0 amide bonds. The van der Waals surface area contributed by atoms with Crippen LogP contribution in [0.2, 0.25) is 0 Å². The Kier molecular flexibility index (Phi) is 8.50. The molecule has 0 unspecified atom stereocenters. The summed E-state index contributed by atoms with van der Waals surface area (Å²) in [6, 6.07) is 25.4. The molecule has 0 aliphatic heterocycles. The summed E-state index contributed by atoms with van der Waals surface area (Å²) in [6.07, 6.45) is 3.60. The Morgan fingerprint density at radius 1 is 0.607 bits per heavy atom. The fourth-order valence-electron chi connectivity index (χ4n) is 6.00. The highest BCUT2D eigenvalue weighted by molar-refractivity contribution is 5.99. The first-order valence-corrected chi connectivity index (χ1v) is 17.3. The molecule has 0 fully saturated rings. The number of H-pyrrole nitrogens is 2. The van der Waals surface area contributed by atoms with Crippen molar-refractivity contribution in [2.75, 3.05) is 0 Å². The third kappa shape index (κ3) is 7.16. The van der Waals surface area contributed by atoms with Crippen LogP contribution in [0.5, 0.6) is 11.5 Å². The maximum atomic E-state index is 7.65. The molecule has 0 atom stereocenters. The minimum Gasteiger partial charge on any atom is -0.487 e. The molecule has 9 rings (SSSR count). The molecule has 18 nitrogen and oxygen atoms in total. The van der Waals surface area contributed by atoms with Crippen LogP contribution in [0.4, 0.5) is 0 Å². The number of nitrogens with one attached hydrogen (secondary N) is 4. The highest BCUT2D eigenvalue weighted by atomic mass is 16.5. The fourth-order valence-corrected chi connectivity index (χ4v) is 6.00. The second-order valence-electron chi connectivity index (χ2n) is 12.9. The topological polar surface area (TPSA) is 263 Å². The van der Waals surface area contributed by atoms with Gasteiger partial charge in [0.2, 0.25) is 0 Å². The van der Waals surface area contributed by atoms with E-state index in [1.54, 1.807) is 46.0 Å². The molecular formula is C38H32N14O4. The van der Waals surface area contributed by atoms with E-state index in [9.17, 15) is 0 Å². The van der Waals surface area contributed by atoms with E-state index in [2.05, 4.69) is 40.6 Å². The molecule has 0 aliphatic carbocycles. The zero-order valence-corrected chi connectivity index (χ0v) is 29.4. The summed E-state index contributed by atoms with van der Waals surface area (Å²) in [6.45, 7) is 1.21. The van der Waals surface area contributed by atoms with E-state index in [-0.39, 0.29) is 24.9 Å². The SMILES string of the molecule is N=C(N)c1ccc2nc(-c3ccc(Cn4cc(COc5ccc(OCc6cn(Cc7ccc(-c8nc9ccc(C(=N)N)cc9[nH]8)o7)nn6)cc5)nn4)o3)[nH]c2c1. The van der Waals surface area contributed by atoms with Crippen molar-refractivity contribution in [3.8, 4) is 34.7 Å². The van der Waals surface area contributed by atoms with Crippen molar-refractivity contribution in [1.29, 1.82) is 10.8 Å². The Morgan fingerprint density at radius 2 is 1.05 bits per heavy atom. The number of nitrogens with zero attached hydrogens (tertiary/aromatic N) is 8. The number of fused-ring (bicyclic) bond motifs is 2. The molecule has 9 aromatic rings. The van der Waals surface area contributed by atoms with E-state index in [1.165, 1.54) is 0 Å². The average Bonchev–Trinajstić information content (AvgIpc) is 4.06. The Morgan fingerprint density at radius 3 is 1.48 bits per heavy atom. The molecule has 8 N–H and O–H groups in total. The lowest BCUT2D eigenvalue weighted by Gasteiger charge is -2.06. The van der Waals surface area contributed by atoms with Crippen LogP contribution < -0.4 is 20.9 Å². The van der Waals surface area contributed by atoms with Gasteiger partial charge in [-0.15, -0.1) is 10.2 Å². The van der Waals surface area contributed by atoms with Gasteiger partial charge in [0, 0.05) is 11.1 Å². The van der Waals surface area contributed by atoms with Crippen molar-refractivity contribution in [3.05, 3.63) is 131 Å². The Balaban J connectivity index is 0.740. The number of nitrogen functional groups attached to an aromatic ring is 2. The van der Waals surface area contributed by atoms with Gasteiger partial charge < -0.3 is 39.7 Å². The third-order valence-electron chi connectivity index (χ3n) is 8.78. The predicted octanol–water partition coefficient (Wildman–Crippen LogP) is 4.96. The number of aromatic amines is 2. The highest BCUT2D eigenvalue weighted by Crippen LogP contribution is 2.26. The van der Waals surface area contributed by atoms with Crippen LogP contribution >= 0.6 is 0 Å². The first-order valence-electron chi connectivity index (χ1n) is 17.3. The maximum Gasteiger partial charge on any atom is 0.174 e. The number of ether oxygens (including phenoxy) is 2. The smallest absolute Gasteiger partial charge is 0.174 e. The lowest BCUT2D eigenvalue weighted by atomic mass is 10.2. The van der Waals surface area contributed by atoms with E-state index in [0.717, 1.165) is 22.1 Å². The van der Waals surface area contributed by atoms with Gasteiger partial charge in [0.15, 0.2) is 23.2 Å². The largest absolute Gasteiger partial charge is 0.487 e. The number of aromatic nitrogens is 10. The van der Waals surface area contributed by atoms with Crippen LogP contribution in [0, 0.1) is 10.8 Å². The molecule has 0 aliphatic rings. The molecule has 6 aromatic heterocycles. The molecule has 3 aromatic carbocycles. The molecule has 6 heterocycles. The van der Waals surface area contributed by atoms with Crippen LogP contribution in [-0.4, -0.2) is 61.6 Å². The number of furan rings is 2. The van der Waals surface area contributed by atoms with Gasteiger partial charge in [-0.1, -0.05) is 10.4 Å². The first-order chi connectivity index (χ1) is 27.3. The molecule has 0 saturated heterocycles. The number of hydrogen-bond acceptors (Lipinski definition) is 12. The van der Waals surface area contributed by atoms with Crippen LogP contribution in [-0.2, 0) is 26.3 Å². The second kappa shape index (κ2) is 14.1. The Labute approximate surface area is 316 Å². The highest BCUT2D eigenvalue weighted by Gasteiger charge is 2.14. The molecule has 278 valence electrons. The molecule has 0 radical (unpaired) electrons. The minimum atomic E-state index is -0.00683. The van der Waals surface area contributed by atoms with E-state index < -0.39 is 0 Å². The Hall–Kier alpha value is -8.02. The van der Waals surface area contributed by atoms with Gasteiger partial charge in [0.1, 0.15) is 72.4 Å². The van der Waals surface area contributed by atoms with E-state index in [0.29, 0.717) is 81.8 Å². The van der Waals surface area contributed by atoms with Crippen LogP contribution in [0.1, 0.15) is 34.0 Å². The number of hydrogen-bond donors (Lipinski definition) is 6. The lowest BCUT2D eigenvalue weighted by molar-refractivity contribution is 0.292. The molecule has 0 bridgehead atoms. The zero-order chi connectivity index (χ0) is 38.2. The van der Waals surface area contributed by atoms with Crippen molar-refractivity contribution < 1.29 is 18.3 Å². The average molecular weight is 749 g/mol. The molecular weight excluding hydrogens is 717 g/mol. The van der Waals surface area contributed by atoms with Crippen molar-refractivity contribution in [1.82, 2.24) is 49.9 Å².